The summed E-state index contributed by atoms with van der Waals surface area (Å²) >= 11 is 17.7. The van der Waals surface area contributed by atoms with Crippen LogP contribution in [-0.2, 0) is 10.0 Å². The van der Waals surface area contributed by atoms with Gasteiger partial charge >= 0.3 is 0 Å². The van der Waals surface area contributed by atoms with Gasteiger partial charge in [0.1, 0.15) is 0 Å². The number of hydrogen-bond donors (Lipinski definition) is 2. The maximum Gasteiger partial charge on any atom is 0.291 e. The second-order valence-corrected chi connectivity index (χ2v) is 7.09. The Morgan fingerprint density at radius 2 is 1.73 bits per heavy atom. The maximum absolute atomic E-state index is 12.1. The van der Waals surface area contributed by atoms with Crippen LogP contribution in [0.1, 0.15) is 10.6 Å². The molecule has 0 saturated heterocycles. The van der Waals surface area contributed by atoms with Crippen molar-refractivity contribution in [3.63, 3.8) is 0 Å². The van der Waals surface area contributed by atoms with Crippen LogP contribution in [0.15, 0.2) is 33.8 Å². The van der Waals surface area contributed by atoms with Crippen LogP contribution < -0.4 is 10.0 Å². The minimum atomic E-state index is -3.77. The minimum Gasteiger partial charge on any atom is -0.438 e. The fourth-order valence-electron chi connectivity index (χ4n) is 1.52. The molecule has 0 spiro atoms. The first-order valence-electron chi connectivity index (χ1n) is 5.74. The third-order valence-electron chi connectivity index (χ3n) is 2.58. The maximum atomic E-state index is 12.1. The fraction of sp³-hybridized carbons (Fsp3) is 0.0833. The first-order valence-corrected chi connectivity index (χ1v) is 8.35. The Morgan fingerprint density at radius 1 is 1.14 bits per heavy atom. The monoisotopic (exact) mass is 382 g/mol. The molecule has 1 amide bonds. The van der Waals surface area contributed by atoms with Gasteiger partial charge in [-0.3, -0.25) is 4.79 Å². The molecule has 1 aromatic heterocycles. The number of hydrogen-bond acceptors (Lipinski definition) is 4. The number of nitrogens with one attached hydrogen (secondary N) is 2. The molecule has 0 radical (unpaired) electrons. The Morgan fingerprint density at radius 3 is 2.27 bits per heavy atom. The van der Waals surface area contributed by atoms with E-state index >= 15 is 0 Å². The number of amides is 1. The van der Waals surface area contributed by atoms with Gasteiger partial charge in [0.25, 0.3) is 15.9 Å². The van der Waals surface area contributed by atoms with Crippen molar-refractivity contribution in [2.45, 2.75) is 5.09 Å². The van der Waals surface area contributed by atoms with Crippen LogP contribution in [-0.4, -0.2) is 21.4 Å². The molecular weight excluding hydrogens is 375 g/mol. The van der Waals surface area contributed by atoms with E-state index in [9.17, 15) is 13.2 Å². The zero-order chi connectivity index (χ0) is 16.5. The minimum absolute atomic E-state index is 0.139. The standard InChI is InChI=1S/C12H9Cl3N2O4S/c1-16-22(19,20)10-3-2-9(21-10)12(18)17-11-7(14)4-6(13)5-8(11)15/h2-5,16H,1H3,(H,17,18). The van der Waals surface area contributed by atoms with E-state index in [1.807, 2.05) is 0 Å². The van der Waals surface area contributed by atoms with Crippen molar-refractivity contribution in [3.8, 4) is 0 Å². The molecule has 0 atom stereocenters. The SMILES string of the molecule is CNS(=O)(=O)c1ccc(C(=O)Nc2c(Cl)cc(Cl)cc2Cl)o1. The van der Waals surface area contributed by atoms with Gasteiger partial charge in [-0.1, -0.05) is 34.8 Å². The molecule has 118 valence electrons. The van der Waals surface area contributed by atoms with Gasteiger partial charge in [-0.2, -0.15) is 0 Å². The number of furan rings is 1. The van der Waals surface area contributed by atoms with E-state index in [0.717, 1.165) is 6.07 Å². The molecule has 6 nitrogen and oxygen atoms in total. The van der Waals surface area contributed by atoms with Gasteiger partial charge in [-0.05, 0) is 31.3 Å². The van der Waals surface area contributed by atoms with Gasteiger partial charge in [-0.25, -0.2) is 13.1 Å². The summed E-state index contributed by atoms with van der Waals surface area (Å²) in [6.45, 7) is 0. The molecule has 22 heavy (non-hydrogen) atoms. The lowest BCUT2D eigenvalue weighted by molar-refractivity contribution is 0.0991. The van der Waals surface area contributed by atoms with Crippen molar-refractivity contribution in [1.29, 1.82) is 0 Å². The first-order chi connectivity index (χ1) is 10.2. The van der Waals surface area contributed by atoms with Crippen molar-refractivity contribution in [3.05, 3.63) is 45.1 Å². The summed E-state index contributed by atoms with van der Waals surface area (Å²) in [5.41, 5.74) is 0.146. The molecule has 0 fully saturated rings. The number of sulfonamides is 1. The van der Waals surface area contributed by atoms with Gasteiger partial charge in [0.05, 0.1) is 15.7 Å². The summed E-state index contributed by atoms with van der Waals surface area (Å²) in [6, 6.07) is 5.19. The molecule has 0 unspecified atom stereocenters. The summed E-state index contributed by atoms with van der Waals surface area (Å²) in [5.74, 6) is -0.917. The number of benzene rings is 1. The normalized spacial score (nSPS) is 11.5. The van der Waals surface area contributed by atoms with Crippen molar-refractivity contribution in [2.24, 2.45) is 0 Å². The highest BCUT2D eigenvalue weighted by atomic mass is 35.5. The Labute approximate surface area is 141 Å². The number of rotatable bonds is 4. The predicted octanol–water partition coefficient (Wildman–Crippen LogP) is 3.40. The van der Waals surface area contributed by atoms with E-state index in [1.54, 1.807) is 0 Å². The molecule has 0 aliphatic rings. The molecule has 2 rings (SSSR count). The van der Waals surface area contributed by atoms with Gasteiger partial charge in [0, 0.05) is 5.02 Å². The zero-order valence-corrected chi connectivity index (χ0v) is 14.1. The molecule has 0 aliphatic carbocycles. The Kier molecular flexibility index (Phi) is 5.03. The zero-order valence-electron chi connectivity index (χ0n) is 11.0. The lowest BCUT2D eigenvalue weighted by Gasteiger charge is -2.08. The van der Waals surface area contributed by atoms with E-state index in [1.165, 1.54) is 25.2 Å². The summed E-state index contributed by atoms with van der Waals surface area (Å²) in [4.78, 5) is 12.1. The number of carbonyl (C=O) groups excluding carboxylic acids is 1. The topological polar surface area (TPSA) is 88.4 Å². The molecule has 0 aliphatic heterocycles. The predicted molar refractivity (Wildman–Crippen MR) is 84.4 cm³/mol. The summed E-state index contributed by atoms with van der Waals surface area (Å²) < 4.78 is 30.2. The second-order valence-electron chi connectivity index (χ2n) is 4.02. The molecule has 2 N–H and O–H groups in total. The highest BCUT2D eigenvalue weighted by Crippen LogP contribution is 2.34. The fourth-order valence-corrected chi connectivity index (χ4v) is 3.08. The molecule has 0 bridgehead atoms. The Bertz CT molecular complexity index is 810. The van der Waals surface area contributed by atoms with Crippen molar-refractivity contribution >= 4 is 56.4 Å². The van der Waals surface area contributed by atoms with Crippen LogP contribution in [0.3, 0.4) is 0 Å². The van der Waals surface area contributed by atoms with E-state index in [2.05, 4.69) is 10.0 Å². The lowest BCUT2D eigenvalue weighted by atomic mass is 10.3. The van der Waals surface area contributed by atoms with Crippen LogP contribution >= 0.6 is 34.8 Å². The average Bonchev–Trinajstić information content (AvgIpc) is 2.93. The summed E-state index contributed by atoms with van der Waals surface area (Å²) in [7, 11) is -2.54. The quantitative estimate of drug-likeness (QED) is 0.847. The van der Waals surface area contributed by atoms with Gasteiger partial charge in [0.15, 0.2) is 5.76 Å². The van der Waals surface area contributed by atoms with Crippen molar-refractivity contribution < 1.29 is 17.6 Å². The van der Waals surface area contributed by atoms with E-state index in [4.69, 9.17) is 39.2 Å². The number of anilines is 1. The van der Waals surface area contributed by atoms with Crippen LogP contribution in [0, 0.1) is 0 Å². The summed E-state index contributed by atoms with van der Waals surface area (Å²) in [6.07, 6.45) is 0. The van der Waals surface area contributed by atoms with Gasteiger partial charge < -0.3 is 9.73 Å². The molecule has 0 saturated carbocycles. The summed E-state index contributed by atoms with van der Waals surface area (Å²) in [5, 5.41) is 2.65. The number of carbonyl (C=O) groups is 1. The van der Waals surface area contributed by atoms with Crippen LogP contribution in [0.2, 0.25) is 15.1 Å². The van der Waals surface area contributed by atoms with Crippen LogP contribution in [0.25, 0.3) is 0 Å². The largest absolute Gasteiger partial charge is 0.438 e. The smallest absolute Gasteiger partial charge is 0.291 e. The Hall–Kier alpha value is -1.25. The average molecular weight is 384 g/mol. The molecular formula is C12H9Cl3N2O4S. The van der Waals surface area contributed by atoms with E-state index < -0.39 is 15.9 Å². The second kappa shape index (κ2) is 6.47. The third-order valence-corrected chi connectivity index (χ3v) is 4.69. The Balaban J connectivity index is 2.28. The molecule has 10 heteroatoms. The molecule has 2 aromatic rings. The lowest BCUT2D eigenvalue weighted by Crippen LogP contribution is -2.18. The highest BCUT2D eigenvalue weighted by molar-refractivity contribution is 7.89. The van der Waals surface area contributed by atoms with Crippen LogP contribution in [0.5, 0.6) is 0 Å². The van der Waals surface area contributed by atoms with E-state index in [0.29, 0.717) is 5.02 Å². The van der Waals surface area contributed by atoms with Crippen molar-refractivity contribution in [2.75, 3.05) is 12.4 Å². The molecule has 1 heterocycles. The van der Waals surface area contributed by atoms with E-state index in [-0.39, 0.29) is 26.6 Å². The van der Waals surface area contributed by atoms with Crippen molar-refractivity contribution in [1.82, 2.24) is 4.72 Å². The van der Waals surface area contributed by atoms with Gasteiger partial charge in [-0.15, -0.1) is 0 Å². The third kappa shape index (κ3) is 3.56. The molecule has 1 aromatic carbocycles. The highest BCUT2D eigenvalue weighted by Gasteiger charge is 2.20. The van der Waals surface area contributed by atoms with Gasteiger partial charge in [0.2, 0.25) is 5.09 Å². The van der Waals surface area contributed by atoms with Crippen LogP contribution in [0.4, 0.5) is 5.69 Å². The number of halogens is 3. The first kappa shape index (κ1) is 17.1.